The molecular weight excluding hydrogens is 218 g/mol. The van der Waals surface area contributed by atoms with Gasteiger partial charge in [-0.25, -0.2) is 4.79 Å². The van der Waals surface area contributed by atoms with E-state index in [9.17, 15) is 4.79 Å². The lowest BCUT2D eigenvalue weighted by atomic mass is 10.3. The molecule has 0 aliphatic heterocycles. The highest BCUT2D eigenvalue weighted by Gasteiger charge is 2.20. The van der Waals surface area contributed by atoms with Crippen LogP contribution in [0, 0.1) is 5.92 Å². The molecule has 0 aromatic heterocycles. The summed E-state index contributed by atoms with van der Waals surface area (Å²) in [4.78, 5) is 11.3. The third-order valence-corrected chi connectivity index (χ3v) is 2.52. The van der Waals surface area contributed by atoms with E-state index in [4.69, 9.17) is 9.47 Å². The van der Waals surface area contributed by atoms with E-state index in [-0.39, 0.29) is 0 Å². The summed E-state index contributed by atoms with van der Waals surface area (Å²) in [6.45, 7) is 1.84. The molecule has 4 heteroatoms. The Balaban J connectivity index is 1.54. The third kappa shape index (κ3) is 4.87. The zero-order valence-corrected chi connectivity index (χ0v) is 9.72. The molecule has 1 aromatic rings. The van der Waals surface area contributed by atoms with Gasteiger partial charge in [-0.05, 0) is 30.9 Å². The van der Waals surface area contributed by atoms with Crippen LogP contribution in [-0.4, -0.2) is 25.9 Å². The average Bonchev–Trinajstić information content (AvgIpc) is 3.14. The summed E-state index contributed by atoms with van der Waals surface area (Å²) in [5, 5.41) is 2.64. The number of carbonyl (C=O) groups is 1. The highest BCUT2D eigenvalue weighted by molar-refractivity contribution is 5.70. The van der Waals surface area contributed by atoms with E-state index in [2.05, 4.69) is 5.32 Å². The van der Waals surface area contributed by atoms with Crippen molar-refractivity contribution in [2.45, 2.75) is 12.8 Å². The quantitative estimate of drug-likeness (QED) is 0.769. The first-order valence-electron chi connectivity index (χ1n) is 5.93. The average molecular weight is 235 g/mol. The van der Waals surface area contributed by atoms with Crippen LogP contribution in [0.4, 0.5) is 4.79 Å². The maximum absolute atomic E-state index is 11.3. The molecule has 92 valence electrons. The molecule has 1 N–H and O–H groups in total. The molecule has 1 aliphatic carbocycles. The number of nitrogens with one attached hydrogen (secondary N) is 1. The molecule has 1 aliphatic rings. The van der Waals surface area contributed by atoms with Gasteiger partial charge in [0.05, 0.1) is 6.61 Å². The van der Waals surface area contributed by atoms with E-state index in [1.54, 1.807) is 12.1 Å². The van der Waals surface area contributed by atoms with E-state index in [0.717, 1.165) is 12.5 Å². The van der Waals surface area contributed by atoms with Gasteiger partial charge in [0.2, 0.25) is 0 Å². The molecule has 1 amide bonds. The molecule has 1 fully saturated rings. The molecule has 0 unspecified atom stereocenters. The minimum Gasteiger partial charge on any atom is -0.410 e. The van der Waals surface area contributed by atoms with Gasteiger partial charge in [0, 0.05) is 13.2 Å². The topological polar surface area (TPSA) is 47.6 Å². The van der Waals surface area contributed by atoms with Crippen molar-refractivity contribution in [2.75, 3.05) is 19.8 Å². The Kier molecular flexibility index (Phi) is 4.38. The van der Waals surface area contributed by atoms with Crippen LogP contribution in [-0.2, 0) is 4.74 Å². The molecule has 0 radical (unpaired) electrons. The van der Waals surface area contributed by atoms with Crippen LogP contribution in [0.25, 0.3) is 0 Å². The smallest absolute Gasteiger partial charge is 0.410 e. The second kappa shape index (κ2) is 6.25. The van der Waals surface area contributed by atoms with E-state index in [1.165, 1.54) is 12.8 Å². The van der Waals surface area contributed by atoms with Crippen LogP contribution in [0.2, 0.25) is 0 Å². The number of hydrogen-bond donors (Lipinski definition) is 1. The lowest BCUT2D eigenvalue weighted by Crippen LogP contribution is -2.30. The van der Waals surface area contributed by atoms with E-state index < -0.39 is 6.09 Å². The third-order valence-electron chi connectivity index (χ3n) is 2.52. The predicted octanol–water partition coefficient (Wildman–Crippen LogP) is 2.20. The van der Waals surface area contributed by atoms with Crippen LogP contribution in [0.3, 0.4) is 0 Å². The largest absolute Gasteiger partial charge is 0.412 e. The number of benzene rings is 1. The van der Waals surface area contributed by atoms with Crippen molar-refractivity contribution < 1.29 is 14.3 Å². The monoisotopic (exact) mass is 235 g/mol. The molecule has 17 heavy (non-hydrogen) atoms. The summed E-state index contributed by atoms with van der Waals surface area (Å²) in [6, 6.07) is 8.99. The van der Waals surface area contributed by atoms with Crippen molar-refractivity contribution in [3.05, 3.63) is 30.3 Å². The highest BCUT2D eigenvalue weighted by Crippen LogP contribution is 2.28. The molecule has 0 saturated heterocycles. The van der Waals surface area contributed by atoms with Crippen LogP contribution < -0.4 is 10.1 Å². The van der Waals surface area contributed by atoms with Crippen molar-refractivity contribution in [3.8, 4) is 5.75 Å². The van der Waals surface area contributed by atoms with Crippen LogP contribution in [0.15, 0.2) is 30.3 Å². The van der Waals surface area contributed by atoms with Gasteiger partial charge < -0.3 is 14.8 Å². The Morgan fingerprint density at radius 2 is 2.06 bits per heavy atom. The first-order chi connectivity index (χ1) is 8.34. The van der Waals surface area contributed by atoms with Crippen molar-refractivity contribution >= 4 is 6.09 Å². The molecule has 2 rings (SSSR count). The summed E-state index contributed by atoms with van der Waals surface area (Å²) in [7, 11) is 0. The molecule has 0 bridgehead atoms. The summed E-state index contributed by atoms with van der Waals surface area (Å²) < 4.78 is 10.4. The van der Waals surface area contributed by atoms with Gasteiger partial charge in [-0.3, -0.25) is 0 Å². The van der Waals surface area contributed by atoms with Gasteiger partial charge in [0.25, 0.3) is 0 Å². The lowest BCUT2D eigenvalue weighted by Gasteiger charge is -2.06. The van der Waals surface area contributed by atoms with Gasteiger partial charge in [-0.2, -0.15) is 0 Å². The molecule has 4 nitrogen and oxygen atoms in total. The summed E-state index contributed by atoms with van der Waals surface area (Å²) >= 11 is 0. The van der Waals surface area contributed by atoms with Gasteiger partial charge in [-0.1, -0.05) is 18.2 Å². The van der Waals surface area contributed by atoms with Crippen molar-refractivity contribution in [1.29, 1.82) is 0 Å². The maximum Gasteiger partial charge on any atom is 0.412 e. The highest BCUT2D eigenvalue weighted by atomic mass is 16.6. The zero-order chi connectivity index (χ0) is 11.9. The van der Waals surface area contributed by atoms with Crippen molar-refractivity contribution in [3.63, 3.8) is 0 Å². The fourth-order valence-electron chi connectivity index (χ4n) is 1.39. The van der Waals surface area contributed by atoms with Gasteiger partial charge in [0.1, 0.15) is 5.75 Å². The summed E-state index contributed by atoms with van der Waals surface area (Å²) in [5.74, 6) is 1.30. The molecule has 0 spiro atoms. The van der Waals surface area contributed by atoms with Crippen LogP contribution in [0.5, 0.6) is 5.75 Å². The first-order valence-corrected chi connectivity index (χ1v) is 5.93. The van der Waals surface area contributed by atoms with Crippen molar-refractivity contribution in [1.82, 2.24) is 5.32 Å². The first kappa shape index (κ1) is 11.9. The number of carbonyl (C=O) groups excluding carboxylic acids is 1. The number of hydrogen-bond acceptors (Lipinski definition) is 3. The Morgan fingerprint density at radius 3 is 2.76 bits per heavy atom. The normalized spacial score (nSPS) is 14.4. The summed E-state index contributed by atoms with van der Waals surface area (Å²) in [5.41, 5.74) is 0. The Labute approximate surface area is 101 Å². The number of para-hydroxylation sites is 1. The summed E-state index contributed by atoms with van der Waals surface area (Å²) in [6.07, 6.45) is 2.12. The second-order valence-corrected chi connectivity index (χ2v) is 4.15. The molecule has 0 atom stereocenters. The van der Waals surface area contributed by atoms with Gasteiger partial charge >= 0.3 is 6.09 Å². The van der Waals surface area contributed by atoms with Crippen molar-refractivity contribution in [2.24, 2.45) is 5.92 Å². The Bertz CT molecular complexity index is 349. The van der Waals surface area contributed by atoms with E-state index in [1.807, 2.05) is 18.2 Å². The number of amides is 1. The number of rotatable bonds is 6. The fourth-order valence-corrected chi connectivity index (χ4v) is 1.39. The molecular formula is C13H17NO3. The predicted molar refractivity (Wildman–Crippen MR) is 64.0 cm³/mol. The standard InChI is InChI=1S/C13H17NO3/c15-13(17-12-4-2-1-3-5-12)14-8-9-16-10-11-6-7-11/h1-5,11H,6-10H2,(H,14,15). The maximum atomic E-state index is 11.3. The van der Waals surface area contributed by atoms with Gasteiger partial charge in [0.15, 0.2) is 0 Å². The fraction of sp³-hybridized carbons (Fsp3) is 0.462. The minimum atomic E-state index is -0.439. The molecule has 1 aromatic carbocycles. The van der Waals surface area contributed by atoms with Crippen LogP contribution >= 0.6 is 0 Å². The lowest BCUT2D eigenvalue weighted by molar-refractivity contribution is 0.124. The number of ether oxygens (including phenoxy) is 2. The Morgan fingerprint density at radius 1 is 1.29 bits per heavy atom. The second-order valence-electron chi connectivity index (χ2n) is 4.15. The zero-order valence-electron chi connectivity index (χ0n) is 9.72. The van der Waals surface area contributed by atoms with Crippen LogP contribution in [0.1, 0.15) is 12.8 Å². The Hall–Kier alpha value is -1.55. The molecule has 0 heterocycles. The van der Waals surface area contributed by atoms with E-state index >= 15 is 0 Å². The van der Waals surface area contributed by atoms with E-state index in [0.29, 0.717) is 18.9 Å². The molecule has 1 saturated carbocycles. The minimum absolute atomic E-state index is 0.439. The van der Waals surface area contributed by atoms with Gasteiger partial charge in [-0.15, -0.1) is 0 Å². The SMILES string of the molecule is O=C(NCCOCC1CC1)Oc1ccccc1.